The van der Waals surface area contributed by atoms with Crippen molar-refractivity contribution in [3.63, 3.8) is 0 Å². The monoisotopic (exact) mass is 425 g/mol. The van der Waals surface area contributed by atoms with E-state index in [9.17, 15) is 5.11 Å². The Bertz CT molecular complexity index is 1190. The van der Waals surface area contributed by atoms with Crippen molar-refractivity contribution in [2.75, 3.05) is 12.8 Å². The van der Waals surface area contributed by atoms with Crippen LogP contribution >= 0.6 is 11.6 Å². The number of hydrogen-bond donors (Lipinski definition) is 2. The molecule has 154 valence electrons. The number of anilines is 1. The molecule has 0 atom stereocenters. The van der Waals surface area contributed by atoms with Gasteiger partial charge in [-0.15, -0.1) is 0 Å². The van der Waals surface area contributed by atoms with Gasteiger partial charge in [0.25, 0.3) is 0 Å². The Morgan fingerprint density at radius 2 is 1.87 bits per heavy atom. The Balaban J connectivity index is 1.58. The number of ether oxygens (including phenoxy) is 2. The molecule has 0 unspecified atom stereocenters. The molecule has 4 rings (SSSR count). The largest absolute Gasteiger partial charge is 0.497 e. The summed E-state index contributed by atoms with van der Waals surface area (Å²) < 4.78 is 13.1. The van der Waals surface area contributed by atoms with E-state index in [4.69, 9.17) is 26.8 Å². The van der Waals surface area contributed by atoms with Crippen LogP contribution in [0.2, 0.25) is 5.28 Å². The SMILES string of the molecule is COc1cc(Cn2ncc3c(N)nc(Cl)nc32)cc(OCc2cccc(CO)c2)c1. The number of nitrogen functional groups attached to an aromatic ring is 1. The van der Waals surface area contributed by atoms with Gasteiger partial charge in [-0.25, -0.2) is 9.67 Å². The van der Waals surface area contributed by atoms with Gasteiger partial charge in [0.2, 0.25) is 5.28 Å². The fourth-order valence-electron chi connectivity index (χ4n) is 3.15. The van der Waals surface area contributed by atoms with Crippen molar-refractivity contribution in [3.05, 3.63) is 70.6 Å². The standard InChI is InChI=1S/C21H20ClN5O3/c1-29-16-6-15(10-27-20-18(9-24-27)19(23)25-21(22)26-20)7-17(8-16)30-12-14-4-2-3-13(5-14)11-28/h2-9,28H,10-12H2,1H3,(H2,23,25,26). The van der Waals surface area contributed by atoms with Crippen LogP contribution in [0.25, 0.3) is 11.0 Å². The van der Waals surface area contributed by atoms with Gasteiger partial charge in [0, 0.05) is 6.07 Å². The van der Waals surface area contributed by atoms with Gasteiger partial charge in [-0.2, -0.15) is 10.1 Å². The van der Waals surface area contributed by atoms with E-state index in [1.807, 2.05) is 42.5 Å². The van der Waals surface area contributed by atoms with Gasteiger partial charge in [0.15, 0.2) is 5.65 Å². The predicted molar refractivity (Wildman–Crippen MR) is 114 cm³/mol. The lowest BCUT2D eigenvalue weighted by atomic mass is 10.1. The lowest BCUT2D eigenvalue weighted by Gasteiger charge is -2.12. The fourth-order valence-corrected chi connectivity index (χ4v) is 3.32. The number of nitrogens with zero attached hydrogens (tertiary/aromatic N) is 4. The van der Waals surface area contributed by atoms with Crippen molar-refractivity contribution in [1.29, 1.82) is 0 Å². The molecule has 0 radical (unpaired) electrons. The number of halogens is 1. The quantitative estimate of drug-likeness (QED) is 0.437. The Kier molecular flexibility index (Phi) is 5.69. The molecular weight excluding hydrogens is 406 g/mol. The van der Waals surface area contributed by atoms with Crippen molar-refractivity contribution >= 4 is 28.5 Å². The zero-order valence-electron chi connectivity index (χ0n) is 16.2. The van der Waals surface area contributed by atoms with E-state index in [0.29, 0.717) is 35.7 Å². The molecule has 2 heterocycles. The van der Waals surface area contributed by atoms with Crippen LogP contribution in [-0.4, -0.2) is 32.0 Å². The highest BCUT2D eigenvalue weighted by Gasteiger charge is 2.12. The summed E-state index contributed by atoms with van der Waals surface area (Å²) in [6.07, 6.45) is 1.62. The van der Waals surface area contributed by atoms with Crippen LogP contribution in [0, 0.1) is 0 Å². The Morgan fingerprint density at radius 3 is 2.67 bits per heavy atom. The first-order chi connectivity index (χ1) is 14.6. The molecule has 0 saturated heterocycles. The summed E-state index contributed by atoms with van der Waals surface area (Å²) in [7, 11) is 1.60. The Labute approximate surface area is 177 Å². The van der Waals surface area contributed by atoms with Gasteiger partial charge in [-0.05, 0) is 40.4 Å². The highest BCUT2D eigenvalue weighted by atomic mass is 35.5. The summed E-state index contributed by atoms with van der Waals surface area (Å²) in [5.74, 6) is 1.61. The number of hydrogen-bond acceptors (Lipinski definition) is 7. The van der Waals surface area contributed by atoms with Gasteiger partial charge >= 0.3 is 0 Å². The number of aliphatic hydroxyl groups is 1. The van der Waals surface area contributed by atoms with Crippen LogP contribution in [-0.2, 0) is 19.8 Å². The van der Waals surface area contributed by atoms with E-state index in [1.54, 1.807) is 18.0 Å². The molecule has 30 heavy (non-hydrogen) atoms. The van der Waals surface area contributed by atoms with Gasteiger partial charge in [0.05, 0.1) is 31.8 Å². The molecule has 0 aliphatic carbocycles. The van der Waals surface area contributed by atoms with Crippen molar-refractivity contribution in [1.82, 2.24) is 19.7 Å². The number of methoxy groups -OCH3 is 1. The molecule has 8 nitrogen and oxygen atoms in total. The second-order valence-electron chi connectivity index (χ2n) is 6.70. The summed E-state index contributed by atoms with van der Waals surface area (Å²) >= 11 is 5.95. The summed E-state index contributed by atoms with van der Waals surface area (Å²) in [6, 6.07) is 13.2. The van der Waals surface area contributed by atoms with Crippen LogP contribution < -0.4 is 15.2 Å². The summed E-state index contributed by atoms with van der Waals surface area (Å²) in [4.78, 5) is 8.19. The predicted octanol–water partition coefficient (Wildman–Crippen LogP) is 3.19. The maximum Gasteiger partial charge on any atom is 0.226 e. The number of rotatable bonds is 7. The number of nitrogens with two attached hydrogens (primary N) is 1. The first kappa shape index (κ1) is 19.9. The molecule has 0 aliphatic rings. The van der Waals surface area contributed by atoms with Gasteiger partial charge in [0.1, 0.15) is 23.9 Å². The fraction of sp³-hybridized carbons (Fsp3) is 0.190. The molecule has 0 fully saturated rings. The molecule has 9 heteroatoms. The third kappa shape index (κ3) is 4.29. The average Bonchev–Trinajstić information content (AvgIpc) is 3.15. The topological polar surface area (TPSA) is 108 Å². The maximum atomic E-state index is 9.29. The van der Waals surface area contributed by atoms with E-state index in [-0.39, 0.29) is 17.7 Å². The number of fused-ring (bicyclic) bond motifs is 1. The summed E-state index contributed by atoms with van der Waals surface area (Å²) in [6.45, 7) is 0.779. The molecule has 0 aliphatic heterocycles. The molecule has 2 aromatic carbocycles. The smallest absolute Gasteiger partial charge is 0.226 e. The van der Waals surface area contributed by atoms with Crippen LogP contribution in [0.4, 0.5) is 5.82 Å². The number of benzene rings is 2. The van der Waals surface area contributed by atoms with E-state index < -0.39 is 0 Å². The van der Waals surface area contributed by atoms with Crippen LogP contribution in [0.3, 0.4) is 0 Å². The van der Waals surface area contributed by atoms with Crippen LogP contribution in [0.5, 0.6) is 11.5 Å². The second kappa shape index (κ2) is 8.56. The van der Waals surface area contributed by atoms with Crippen molar-refractivity contribution < 1.29 is 14.6 Å². The van der Waals surface area contributed by atoms with Gasteiger partial charge in [-0.3, -0.25) is 0 Å². The zero-order valence-corrected chi connectivity index (χ0v) is 17.0. The lowest BCUT2D eigenvalue weighted by Crippen LogP contribution is -2.05. The third-order valence-electron chi connectivity index (χ3n) is 4.59. The van der Waals surface area contributed by atoms with E-state index in [1.165, 1.54) is 0 Å². The first-order valence-electron chi connectivity index (χ1n) is 9.19. The Morgan fingerprint density at radius 1 is 1.07 bits per heavy atom. The van der Waals surface area contributed by atoms with Crippen LogP contribution in [0.15, 0.2) is 48.7 Å². The highest BCUT2D eigenvalue weighted by molar-refractivity contribution is 6.28. The minimum atomic E-state index is -0.00688. The Hall–Kier alpha value is -3.36. The minimum absolute atomic E-state index is 0.00688. The molecule has 2 aromatic heterocycles. The number of aliphatic hydroxyl groups excluding tert-OH is 1. The molecule has 0 amide bonds. The van der Waals surface area contributed by atoms with Gasteiger partial charge < -0.3 is 20.3 Å². The molecular formula is C21H20ClN5O3. The van der Waals surface area contributed by atoms with E-state index >= 15 is 0 Å². The van der Waals surface area contributed by atoms with Crippen molar-refractivity contribution in [2.24, 2.45) is 0 Å². The summed E-state index contributed by atoms with van der Waals surface area (Å²) in [5.41, 5.74) is 9.17. The average molecular weight is 426 g/mol. The second-order valence-corrected chi connectivity index (χ2v) is 7.04. The van der Waals surface area contributed by atoms with E-state index in [0.717, 1.165) is 16.7 Å². The zero-order chi connectivity index (χ0) is 21.1. The normalized spacial score (nSPS) is 11.0. The number of aromatic nitrogens is 4. The highest BCUT2D eigenvalue weighted by Crippen LogP contribution is 2.26. The van der Waals surface area contributed by atoms with Gasteiger partial charge in [-0.1, -0.05) is 24.3 Å². The summed E-state index contributed by atoms with van der Waals surface area (Å²) in [5, 5.41) is 14.4. The lowest BCUT2D eigenvalue weighted by molar-refractivity contribution is 0.280. The van der Waals surface area contributed by atoms with Crippen LogP contribution in [0.1, 0.15) is 16.7 Å². The molecule has 0 spiro atoms. The van der Waals surface area contributed by atoms with E-state index in [2.05, 4.69) is 15.1 Å². The molecule has 0 bridgehead atoms. The first-order valence-corrected chi connectivity index (χ1v) is 9.57. The minimum Gasteiger partial charge on any atom is -0.497 e. The van der Waals surface area contributed by atoms with Crippen molar-refractivity contribution in [2.45, 2.75) is 19.8 Å². The maximum absolute atomic E-state index is 9.29. The molecule has 4 aromatic rings. The van der Waals surface area contributed by atoms with Crippen molar-refractivity contribution in [3.8, 4) is 11.5 Å². The molecule has 0 saturated carbocycles. The third-order valence-corrected chi connectivity index (χ3v) is 4.75. The molecule has 3 N–H and O–H groups in total.